The van der Waals surface area contributed by atoms with E-state index in [-0.39, 0.29) is 33.9 Å². The Morgan fingerprint density at radius 2 is 1.11 bits per heavy atom. The summed E-state index contributed by atoms with van der Waals surface area (Å²) in [6.45, 7) is 30.8. The summed E-state index contributed by atoms with van der Waals surface area (Å²) in [4.78, 5) is 5.36. The monoisotopic (exact) mass is 865 g/mol. The van der Waals surface area contributed by atoms with Gasteiger partial charge in [0.1, 0.15) is 11.2 Å². The summed E-state index contributed by atoms with van der Waals surface area (Å²) in [5.74, 6) is 0. The van der Waals surface area contributed by atoms with Gasteiger partial charge in [-0.2, -0.15) is 0 Å². The molecule has 1 aromatic heterocycles. The Morgan fingerprint density at radius 1 is 0.500 bits per heavy atom. The van der Waals surface area contributed by atoms with Crippen LogP contribution in [0, 0.1) is 0 Å². The molecular weight excluding hydrogens is 800 g/mol. The lowest BCUT2D eigenvalue weighted by molar-refractivity contribution is 0.332. The Balaban J connectivity index is 1.33. The first kappa shape index (κ1) is 42.6. The molecule has 8 aromatic rings. The summed E-state index contributed by atoms with van der Waals surface area (Å²) in [5, 5.41) is 2.28. The van der Waals surface area contributed by atoms with E-state index in [2.05, 4.69) is 233 Å². The van der Waals surface area contributed by atoms with Gasteiger partial charge in [-0.15, -0.1) is 0 Å². The molecule has 3 nitrogen and oxygen atoms in total. The summed E-state index contributed by atoms with van der Waals surface area (Å²) in [6.07, 6.45) is 2.32. The van der Waals surface area contributed by atoms with E-state index < -0.39 is 0 Å². The first-order valence-corrected chi connectivity index (χ1v) is 24.3. The molecule has 0 radical (unpaired) electrons. The van der Waals surface area contributed by atoms with Crippen LogP contribution >= 0.6 is 0 Å². The fraction of sp³-hybridized carbons (Fsp3) is 0.323. The minimum Gasteiger partial charge on any atom is -0.456 e. The average molecular weight is 865 g/mol. The Labute approximate surface area is 394 Å². The van der Waals surface area contributed by atoms with Crippen molar-refractivity contribution < 1.29 is 4.42 Å². The number of nitrogens with zero attached hydrogens (tertiary/aromatic N) is 2. The quantitative estimate of drug-likeness (QED) is 0.165. The van der Waals surface area contributed by atoms with E-state index >= 15 is 0 Å². The van der Waals surface area contributed by atoms with Crippen LogP contribution in [-0.2, 0) is 27.1 Å². The number of benzene rings is 7. The van der Waals surface area contributed by atoms with Crippen molar-refractivity contribution in [3.05, 3.63) is 161 Å². The summed E-state index contributed by atoms with van der Waals surface area (Å²) in [7, 11) is 0. The van der Waals surface area contributed by atoms with Crippen molar-refractivity contribution in [2.45, 2.75) is 130 Å². The topological polar surface area (TPSA) is 19.6 Å². The molecule has 0 spiro atoms. The highest BCUT2D eigenvalue weighted by molar-refractivity contribution is 6.94. The number of hydrogen-bond donors (Lipinski definition) is 0. The fourth-order valence-electron chi connectivity index (χ4n) is 11.5. The van der Waals surface area contributed by atoms with Crippen molar-refractivity contribution in [3.63, 3.8) is 0 Å². The van der Waals surface area contributed by atoms with Gasteiger partial charge in [0.05, 0.1) is 16.8 Å². The van der Waals surface area contributed by atoms with Gasteiger partial charge in [-0.3, -0.25) is 0 Å². The second-order valence-corrected chi connectivity index (χ2v) is 24.1. The van der Waals surface area contributed by atoms with Crippen LogP contribution in [0.5, 0.6) is 0 Å². The lowest BCUT2D eigenvalue weighted by Gasteiger charge is -2.49. The van der Waals surface area contributed by atoms with E-state index in [1.54, 1.807) is 0 Å². The third-order valence-corrected chi connectivity index (χ3v) is 15.6. The number of hydrogen-bond acceptors (Lipinski definition) is 3. The Bertz CT molecular complexity index is 3260. The van der Waals surface area contributed by atoms with Crippen molar-refractivity contribution in [1.82, 2.24) is 0 Å². The first-order chi connectivity index (χ1) is 31.1. The smallest absolute Gasteiger partial charge is 0.333 e. The summed E-state index contributed by atoms with van der Waals surface area (Å²) in [5.41, 5.74) is 22.5. The second-order valence-electron chi connectivity index (χ2n) is 24.1. The number of para-hydroxylation sites is 1. The highest BCUT2D eigenvalue weighted by Gasteiger charge is 2.49. The minimum absolute atomic E-state index is 0.0288. The molecule has 0 fully saturated rings. The van der Waals surface area contributed by atoms with Crippen LogP contribution in [0.25, 0.3) is 44.2 Å². The summed E-state index contributed by atoms with van der Waals surface area (Å²) >= 11 is 0. The van der Waals surface area contributed by atoms with Gasteiger partial charge < -0.3 is 14.1 Å². The van der Waals surface area contributed by atoms with E-state index in [9.17, 15) is 0 Å². The van der Waals surface area contributed by atoms with E-state index in [0.717, 1.165) is 34.8 Å². The summed E-state index contributed by atoms with van der Waals surface area (Å²) in [6, 6.07) is 51.4. The SMILES string of the molecule is CC(C)(C)c1ccc(N2B3c4ccc5oc6ccccc6c5c4N(c4ccc(C(C)(C)C)cc4-c4ccccc4)c4cc(C(C)(C)C)cc(c43)-c3cc4c(cc32)C(C)(C)CCC4(C)C)cc1. The van der Waals surface area contributed by atoms with Gasteiger partial charge in [0.15, 0.2) is 0 Å². The maximum absolute atomic E-state index is 6.83. The minimum atomic E-state index is -0.131. The van der Waals surface area contributed by atoms with Gasteiger partial charge in [0, 0.05) is 33.6 Å². The van der Waals surface area contributed by atoms with Gasteiger partial charge in [-0.25, -0.2) is 0 Å². The molecule has 0 N–H and O–H groups in total. The van der Waals surface area contributed by atoms with Gasteiger partial charge >= 0.3 is 6.85 Å². The largest absolute Gasteiger partial charge is 0.456 e. The number of furan rings is 1. The molecule has 2 aliphatic heterocycles. The Morgan fingerprint density at radius 3 is 1.77 bits per heavy atom. The summed E-state index contributed by atoms with van der Waals surface area (Å²) < 4.78 is 6.83. The number of fused-ring (bicyclic) bond motifs is 9. The molecule has 1 aliphatic carbocycles. The second kappa shape index (κ2) is 14.3. The molecule has 0 bridgehead atoms. The van der Waals surface area contributed by atoms with Crippen LogP contribution in [-0.4, -0.2) is 6.85 Å². The van der Waals surface area contributed by atoms with Crippen LogP contribution in [0.2, 0.25) is 0 Å². The van der Waals surface area contributed by atoms with E-state index in [1.807, 2.05) is 0 Å². The fourth-order valence-corrected chi connectivity index (χ4v) is 11.5. The third kappa shape index (κ3) is 6.52. The zero-order valence-electron chi connectivity index (χ0n) is 41.5. The number of rotatable bonds is 3. The molecule has 0 amide bonds. The molecule has 0 atom stereocenters. The molecular formula is C62H65BN2O. The highest BCUT2D eigenvalue weighted by atomic mass is 16.3. The van der Waals surface area contributed by atoms with Crippen molar-refractivity contribution in [3.8, 4) is 22.3 Å². The van der Waals surface area contributed by atoms with Crippen molar-refractivity contribution in [1.29, 1.82) is 0 Å². The lowest BCUT2D eigenvalue weighted by atomic mass is 9.43. The molecule has 4 heteroatoms. The van der Waals surface area contributed by atoms with E-state index in [0.29, 0.717) is 0 Å². The van der Waals surface area contributed by atoms with Gasteiger partial charge in [-0.1, -0.05) is 169 Å². The standard InChI is InChI=1S/C62H65BN2O/c1-58(2,3)39-23-26-42(27-24-39)65-51-37-48-47(61(10,11)31-32-62(48,12)13)36-45(51)46-34-41(60(7,8)9)35-52-56(46)63(65)49-28-30-54-55(43-21-17-18-22-53(43)66-54)57(49)64(52)50-29-25-40(59(4,5)6)33-44(50)38-19-15-14-16-20-38/h14-30,33-37H,31-32H2,1-13H3. The van der Waals surface area contributed by atoms with Crippen LogP contribution in [0.1, 0.15) is 131 Å². The van der Waals surface area contributed by atoms with Crippen LogP contribution in [0.4, 0.5) is 28.4 Å². The van der Waals surface area contributed by atoms with Gasteiger partial charge in [-0.05, 0) is 144 Å². The van der Waals surface area contributed by atoms with E-state index in [4.69, 9.17) is 4.42 Å². The maximum Gasteiger partial charge on any atom is 0.333 e. The van der Waals surface area contributed by atoms with Crippen molar-refractivity contribution >= 4 is 68.1 Å². The van der Waals surface area contributed by atoms with Gasteiger partial charge in [0.2, 0.25) is 0 Å². The zero-order valence-corrected chi connectivity index (χ0v) is 41.5. The average Bonchev–Trinajstić information content (AvgIpc) is 3.66. The maximum atomic E-state index is 6.83. The van der Waals surface area contributed by atoms with Gasteiger partial charge in [0.25, 0.3) is 0 Å². The predicted octanol–water partition coefficient (Wildman–Crippen LogP) is 16.2. The van der Waals surface area contributed by atoms with Crippen molar-refractivity contribution in [2.75, 3.05) is 9.71 Å². The molecule has 7 aromatic carbocycles. The molecule has 11 rings (SSSR count). The van der Waals surface area contributed by atoms with E-state index in [1.165, 1.54) is 89.4 Å². The highest BCUT2D eigenvalue weighted by Crippen LogP contribution is 2.55. The molecule has 3 aliphatic rings. The molecule has 0 saturated carbocycles. The number of anilines is 5. The molecule has 3 heterocycles. The normalized spacial score (nSPS) is 16.3. The lowest BCUT2D eigenvalue weighted by Crippen LogP contribution is -2.62. The molecule has 0 unspecified atom stereocenters. The van der Waals surface area contributed by atoms with Crippen molar-refractivity contribution in [2.24, 2.45) is 0 Å². The Hall–Kier alpha value is -6.00. The molecule has 66 heavy (non-hydrogen) atoms. The Kier molecular flexibility index (Phi) is 9.21. The molecule has 332 valence electrons. The third-order valence-electron chi connectivity index (χ3n) is 15.6. The van der Waals surface area contributed by atoms with Crippen LogP contribution < -0.4 is 20.6 Å². The molecule has 0 saturated heterocycles. The zero-order chi connectivity index (χ0) is 46.5. The first-order valence-electron chi connectivity index (χ1n) is 24.3. The van der Waals surface area contributed by atoms with Crippen LogP contribution in [0.3, 0.4) is 0 Å². The predicted molar refractivity (Wildman–Crippen MR) is 284 cm³/mol. The van der Waals surface area contributed by atoms with Crippen LogP contribution in [0.15, 0.2) is 138 Å².